The molecule has 0 amide bonds. The Labute approximate surface area is 209 Å². The van der Waals surface area contributed by atoms with Gasteiger partial charge in [-0.2, -0.15) is 13.2 Å². The van der Waals surface area contributed by atoms with Gasteiger partial charge in [0.25, 0.3) is 0 Å². The van der Waals surface area contributed by atoms with Gasteiger partial charge in [0.15, 0.2) is 0 Å². The number of halogens is 3. The van der Waals surface area contributed by atoms with E-state index in [0.29, 0.717) is 12.6 Å². The Bertz CT molecular complexity index is 1100. The van der Waals surface area contributed by atoms with Crippen molar-refractivity contribution in [2.45, 2.75) is 44.7 Å². The normalized spacial score (nSPS) is 14.7. The lowest BCUT2D eigenvalue weighted by atomic mass is 9.97. The maximum atomic E-state index is 10.6. The summed E-state index contributed by atoms with van der Waals surface area (Å²) in [5.41, 5.74) is 12.3. The Balaban J connectivity index is 0.000000454. The maximum Gasteiger partial charge on any atom is 0.490 e. The molecule has 1 heterocycles. The topological polar surface area (TPSA) is 78.6 Å². The van der Waals surface area contributed by atoms with E-state index in [2.05, 4.69) is 89.1 Å². The van der Waals surface area contributed by atoms with Gasteiger partial charge < -0.3 is 16.2 Å². The second kappa shape index (κ2) is 13.2. The third kappa shape index (κ3) is 8.48. The highest BCUT2D eigenvalue weighted by atomic mass is 19.4. The first-order valence-electron chi connectivity index (χ1n) is 11.9. The Hall–Kier alpha value is -3.20. The standard InChI is InChI=1S/C26H31N3.C2HF3O2/c27-18-22-9-6-11-23(17-22)26-12-5-4-10-24(26)19-28-25-13-15-29(16-14-25)20-21-7-2-1-3-8-21;3-2(4,5)1(6)7/h1-12,17,25,28H,13-16,18-20,27H2;(H,6,7). The fourth-order valence-electron chi connectivity index (χ4n) is 4.21. The molecule has 3 aromatic rings. The first-order valence-corrected chi connectivity index (χ1v) is 11.9. The second-order valence-electron chi connectivity index (χ2n) is 8.78. The summed E-state index contributed by atoms with van der Waals surface area (Å²) in [4.78, 5) is 11.5. The molecule has 192 valence electrons. The lowest BCUT2D eigenvalue weighted by molar-refractivity contribution is -0.192. The van der Waals surface area contributed by atoms with Crippen LogP contribution in [0.25, 0.3) is 11.1 Å². The molecule has 1 aliphatic heterocycles. The first kappa shape index (κ1) is 27.4. The smallest absolute Gasteiger partial charge is 0.475 e. The lowest BCUT2D eigenvalue weighted by Crippen LogP contribution is -2.41. The van der Waals surface area contributed by atoms with Gasteiger partial charge in [-0.05, 0) is 59.8 Å². The molecule has 4 rings (SSSR count). The van der Waals surface area contributed by atoms with E-state index in [0.717, 1.165) is 26.2 Å². The van der Waals surface area contributed by atoms with Gasteiger partial charge in [-0.25, -0.2) is 4.79 Å². The van der Waals surface area contributed by atoms with Gasteiger partial charge in [-0.15, -0.1) is 0 Å². The number of carboxylic acids is 1. The maximum absolute atomic E-state index is 10.6. The monoisotopic (exact) mass is 499 g/mol. The summed E-state index contributed by atoms with van der Waals surface area (Å²) >= 11 is 0. The van der Waals surface area contributed by atoms with Crippen LogP contribution in [-0.4, -0.2) is 41.3 Å². The van der Waals surface area contributed by atoms with E-state index >= 15 is 0 Å². The number of hydrogen-bond donors (Lipinski definition) is 3. The van der Waals surface area contributed by atoms with Crippen LogP contribution < -0.4 is 11.1 Å². The fraction of sp³-hybridized carbons (Fsp3) is 0.321. The molecule has 4 N–H and O–H groups in total. The Kier molecular flexibility index (Phi) is 10.0. The van der Waals surface area contributed by atoms with Crippen molar-refractivity contribution < 1.29 is 23.1 Å². The van der Waals surface area contributed by atoms with E-state index in [1.165, 1.54) is 40.7 Å². The summed E-state index contributed by atoms with van der Waals surface area (Å²) in [6, 6.07) is 28.7. The van der Waals surface area contributed by atoms with Gasteiger partial charge in [0, 0.05) is 25.7 Å². The molecule has 0 unspecified atom stereocenters. The second-order valence-corrected chi connectivity index (χ2v) is 8.78. The van der Waals surface area contributed by atoms with Crippen molar-refractivity contribution in [2.75, 3.05) is 13.1 Å². The number of hydrogen-bond acceptors (Lipinski definition) is 4. The van der Waals surface area contributed by atoms with Crippen LogP contribution in [0.3, 0.4) is 0 Å². The number of nitrogens with zero attached hydrogens (tertiary/aromatic N) is 1. The number of alkyl halides is 3. The average molecular weight is 500 g/mol. The average Bonchev–Trinajstić information content (AvgIpc) is 2.89. The fourth-order valence-corrected chi connectivity index (χ4v) is 4.21. The number of carbonyl (C=O) groups is 1. The van der Waals surface area contributed by atoms with Crippen LogP contribution in [0.2, 0.25) is 0 Å². The zero-order chi connectivity index (χ0) is 26.0. The highest BCUT2D eigenvalue weighted by Crippen LogP contribution is 2.25. The van der Waals surface area contributed by atoms with Crippen molar-refractivity contribution in [3.63, 3.8) is 0 Å². The highest BCUT2D eigenvalue weighted by Gasteiger charge is 2.38. The molecule has 1 aliphatic rings. The summed E-state index contributed by atoms with van der Waals surface area (Å²) in [5.74, 6) is -2.76. The summed E-state index contributed by atoms with van der Waals surface area (Å²) in [5, 5.41) is 10.9. The minimum absolute atomic E-state index is 0.579. The number of benzene rings is 3. The summed E-state index contributed by atoms with van der Waals surface area (Å²) in [6.45, 7) is 4.87. The molecule has 1 fully saturated rings. The van der Waals surface area contributed by atoms with Crippen LogP contribution in [0.1, 0.15) is 29.5 Å². The van der Waals surface area contributed by atoms with Crippen molar-refractivity contribution in [3.8, 4) is 11.1 Å². The first-order chi connectivity index (χ1) is 17.3. The minimum Gasteiger partial charge on any atom is -0.475 e. The van der Waals surface area contributed by atoms with Gasteiger partial charge in [-0.1, -0.05) is 72.8 Å². The van der Waals surface area contributed by atoms with Crippen LogP contribution in [0.4, 0.5) is 13.2 Å². The van der Waals surface area contributed by atoms with E-state index in [1.54, 1.807) is 0 Å². The molecule has 5 nitrogen and oxygen atoms in total. The van der Waals surface area contributed by atoms with Gasteiger partial charge in [-0.3, -0.25) is 4.90 Å². The molecule has 1 saturated heterocycles. The van der Waals surface area contributed by atoms with Crippen molar-refractivity contribution >= 4 is 5.97 Å². The van der Waals surface area contributed by atoms with E-state index < -0.39 is 12.1 Å². The number of piperidine rings is 1. The Morgan fingerprint density at radius 2 is 1.56 bits per heavy atom. The quantitative estimate of drug-likeness (QED) is 0.417. The van der Waals surface area contributed by atoms with Crippen molar-refractivity contribution in [3.05, 3.63) is 95.6 Å². The molecule has 3 aromatic carbocycles. The van der Waals surface area contributed by atoms with Crippen LogP contribution in [0, 0.1) is 0 Å². The van der Waals surface area contributed by atoms with Gasteiger partial charge >= 0.3 is 12.1 Å². The molecule has 0 aromatic heterocycles. The number of rotatable bonds is 7. The van der Waals surface area contributed by atoms with Crippen LogP contribution in [-0.2, 0) is 24.4 Å². The van der Waals surface area contributed by atoms with Crippen molar-refractivity contribution in [1.82, 2.24) is 10.2 Å². The largest absolute Gasteiger partial charge is 0.490 e. The third-order valence-electron chi connectivity index (χ3n) is 6.15. The van der Waals surface area contributed by atoms with Crippen LogP contribution in [0.15, 0.2) is 78.9 Å². The van der Waals surface area contributed by atoms with E-state index in [9.17, 15) is 13.2 Å². The third-order valence-corrected chi connectivity index (χ3v) is 6.15. The zero-order valence-corrected chi connectivity index (χ0v) is 20.0. The predicted molar refractivity (Wildman–Crippen MR) is 135 cm³/mol. The molecule has 0 spiro atoms. The van der Waals surface area contributed by atoms with Gasteiger partial charge in [0.05, 0.1) is 0 Å². The Morgan fingerprint density at radius 1 is 0.944 bits per heavy atom. The molecule has 0 radical (unpaired) electrons. The summed E-state index contributed by atoms with van der Waals surface area (Å²) in [7, 11) is 0. The summed E-state index contributed by atoms with van der Waals surface area (Å²) in [6.07, 6.45) is -2.67. The zero-order valence-electron chi connectivity index (χ0n) is 20.0. The van der Waals surface area contributed by atoms with Crippen LogP contribution in [0.5, 0.6) is 0 Å². The van der Waals surface area contributed by atoms with E-state index in [1.807, 2.05) is 0 Å². The van der Waals surface area contributed by atoms with Crippen molar-refractivity contribution in [2.24, 2.45) is 5.73 Å². The lowest BCUT2D eigenvalue weighted by Gasteiger charge is -2.32. The van der Waals surface area contributed by atoms with Gasteiger partial charge in [0.1, 0.15) is 0 Å². The highest BCUT2D eigenvalue weighted by molar-refractivity contribution is 5.73. The predicted octanol–water partition coefficient (Wildman–Crippen LogP) is 5.20. The van der Waals surface area contributed by atoms with Crippen molar-refractivity contribution in [1.29, 1.82) is 0 Å². The SMILES string of the molecule is NCc1cccc(-c2ccccc2CNC2CCN(Cc3ccccc3)CC2)c1.O=C(O)C(F)(F)F. The molecule has 36 heavy (non-hydrogen) atoms. The number of carboxylic acid groups (broad SMARTS) is 1. The van der Waals surface area contributed by atoms with E-state index in [4.69, 9.17) is 15.6 Å². The Morgan fingerprint density at radius 3 is 2.19 bits per heavy atom. The molecular formula is C28H32F3N3O2. The number of nitrogens with two attached hydrogens (primary N) is 1. The van der Waals surface area contributed by atoms with E-state index in [-0.39, 0.29) is 0 Å². The number of nitrogens with one attached hydrogen (secondary N) is 1. The molecule has 0 bridgehead atoms. The molecule has 0 aliphatic carbocycles. The molecule has 0 saturated carbocycles. The number of likely N-dealkylation sites (tertiary alicyclic amines) is 1. The minimum atomic E-state index is -5.08. The van der Waals surface area contributed by atoms with Gasteiger partial charge in [0.2, 0.25) is 0 Å². The molecular weight excluding hydrogens is 467 g/mol. The summed E-state index contributed by atoms with van der Waals surface area (Å²) < 4.78 is 31.7. The number of aliphatic carboxylic acids is 1. The molecule has 8 heteroatoms. The molecule has 0 atom stereocenters. The van der Waals surface area contributed by atoms with Crippen LogP contribution >= 0.6 is 0 Å².